The molecule has 0 aliphatic carbocycles. The van der Waals surface area contributed by atoms with Crippen molar-refractivity contribution in [3.05, 3.63) is 46.1 Å². The van der Waals surface area contributed by atoms with Crippen LogP contribution in [0, 0.1) is 5.92 Å². The Bertz CT molecular complexity index is 652. The molecule has 3 amide bonds. The highest BCUT2D eigenvalue weighted by Gasteiger charge is 2.40. The van der Waals surface area contributed by atoms with Crippen LogP contribution in [-0.2, 0) is 4.79 Å². The molecular formula is C16H18ClN3O2. The summed E-state index contributed by atoms with van der Waals surface area (Å²) in [4.78, 5) is 26.3. The summed E-state index contributed by atoms with van der Waals surface area (Å²) >= 11 is 5.91. The van der Waals surface area contributed by atoms with E-state index in [4.69, 9.17) is 11.6 Å². The number of benzene rings is 1. The van der Waals surface area contributed by atoms with Gasteiger partial charge in [0.2, 0.25) is 0 Å². The third kappa shape index (κ3) is 2.68. The maximum absolute atomic E-state index is 12.7. The van der Waals surface area contributed by atoms with Crippen LogP contribution in [0.15, 0.2) is 35.5 Å². The van der Waals surface area contributed by atoms with Crippen molar-refractivity contribution in [2.24, 2.45) is 5.92 Å². The molecule has 6 heteroatoms. The van der Waals surface area contributed by atoms with Crippen molar-refractivity contribution < 1.29 is 9.59 Å². The molecule has 0 aromatic heterocycles. The number of carbonyl (C=O) groups excluding carboxylic acids is 2. The summed E-state index contributed by atoms with van der Waals surface area (Å²) < 4.78 is 0. The van der Waals surface area contributed by atoms with Gasteiger partial charge in [0.25, 0.3) is 5.91 Å². The molecule has 0 radical (unpaired) electrons. The van der Waals surface area contributed by atoms with E-state index in [2.05, 4.69) is 24.5 Å². The highest BCUT2D eigenvalue weighted by Crippen LogP contribution is 2.33. The topological polar surface area (TPSA) is 61.4 Å². The fraction of sp³-hybridized carbons (Fsp3) is 0.375. The molecule has 0 unspecified atom stereocenters. The lowest BCUT2D eigenvalue weighted by Crippen LogP contribution is -2.44. The Morgan fingerprint density at radius 1 is 1.27 bits per heavy atom. The van der Waals surface area contributed by atoms with Gasteiger partial charge < -0.3 is 15.5 Å². The average Bonchev–Trinajstić information content (AvgIpc) is 2.74. The predicted octanol–water partition coefficient (Wildman–Crippen LogP) is 2.45. The second kappa shape index (κ2) is 5.65. The molecule has 0 fully saturated rings. The van der Waals surface area contributed by atoms with Gasteiger partial charge in [-0.15, -0.1) is 0 Å². The zero-order valence-electron chi connectivity index (χ0n) is 12.5. The first-order chi connectivity index (χ1) is 10.5. The minimum absolute atomic E-state index is 0.0175. The van der Waals surface area contributed by atoms with Crippen molar-refractivity contribution in [3.8, 4) is 0 Å². The Morgan fingerprint density at radius 2 is 1.95 bits per heavy atom. The number of rotatable bonds is 3. The lowest BCUT2D eigenvalue weighted by Gasteiger charge is -2.25. The smallest absolute Gasteiger partial charge is 0.319 e. The number of hydrogen-bond acceptors (Lipinski definition) is 2. The largest absolute Gasteiger partial charge is 0.333 e. The van der Waals surface area contributed by atoms with E-state index in [1.165, 1.54) is 0 Å². The molecule has 0 saturated heterocycles. The number of carbonyl (C=O) groups is 2. The standard InChI is InChI=1S/C16H18ClN3O2/c1-9(2)7-20-8-12-13(15(20)21)14(19-16(22)18-12)10-3-5-11(17)6-4-10/h3-6,9,14H,7-8H2,1-2H3,(H2,18,19,22)/t14-/m0/s1. The second-order valence-corrected chi connectivity index (χ2v) is 6.49. The van der Waals surface area contributed by atoms with Crippen LogP contribution in [-0.4, -0.2) is 29.9 Å². The molecule has 3 rings (SSSR count). The minimum atomic E-state index is -0.425. The molecule has 2 aliphatic rings. The molecule has 1 atom stereocenters. The van der Waals surface area contributed by atoms with Gasteiger partial charge in [0.15, 0.2) is 0 Å². The maximum atomic E-state index is 12.7. The molecule has 116 valence electrons. The van der Waals surface area contributed by atoms with Crippen LogP contribution in [0.1, 0.15) is 25.5 Å². The lowest BCUT2D eigenvalue weighted by atomic mass is 9.96. The first-order valence-electron chi connectivity index (χ1n) is 7.31. The number of urea groups is 1. The molecule has 0 bridgehead atoms. The van der Waals surface area contributed by atoms with Gasteiger partial charge in [-0.25, -0.2) is 4.79 Å². The number of nitrogens with zero attached hydrogens (tertiary/aromatic N) is 1. The van der Waals surface area contributed by atoms with E-state index in [-0.39, 0.29) is 11.9 Å². The summed E-state index contributed by atoms with van der Waals surface area (Å²) in [6.07, 6.45) is 0. The third-order valence-electron chi connectivity index (χ3n) is 3.81. The number of halogens is 1. The number of nitrogens with one attached hydrogen (secondary N) is 2. The van der Waals surface area contributed by atoms with Crippen molar-refractivity contribution >= 4 is 23.5 Å². The molecule has 0 spiro atoms. The zero-order chi connectivity index (χ0) is 15.9. The highest BCUT2D eigenvalue weighted by atomic mass is 35.5. The van der Waals surface area contributed by atoms with E-state index in [9.17, 15) is 9.59 Å². The van der Waals surface area contributed by atoms with Crippen molar-refractivity contribution in [1.29, 1.82) is 0 Å². The van der Waals surface area contributed by atoms with E-state index in [0.717, 1.165) is 5.56 Å². The fourth-order valence-electron chi connectivity index (χ4n) is 2.92. The Balaban J connectivity index is 1.94. The van der Waals surface area contributed by atoms with Crippen molar-refractivity contribution in [2.45, 2.75) is 19.9 Å². The van der Waals surface area contributed by atoms with Gasteiger partial charge in [-0.3, -0.25) is 4.79 Å². The normalized spacial score (nSPS) is 21.1. The van der Waals surface area contributed by atoms with E-state index in [1.54, 1.807) is 17.0 Å². The van der Waals surface area contributed by atoms with Gasteiger partial charge >= 0.3 is 6.03 Å². The van der Waals surface area contributed by atoms with Crippen LogP contribution in [0.5, 0.6) is 0 Å². The summed E-state index contributed by atoms with van der Waals surface area (Å²) in [6, 6.07) is 6.49. The minimum Gasteiger partial charge on any atom is -0.333 e. The highest BCUT2D eigenvalue weighted by molar-refractivity contribution is 6.30. The summed E-state index contributed by atoms with van der Waals surface area (Å²) in [7, 11) is 0. The van der Waals surface area contributed by atoms with Crippen LogP contribution in [0.3, 0.4) is 0 Å². The van der Waals surface area contributed by atoms with Crippen LogP contribution in [0.2, 0.25) is 5.02 Å². The molecule has 22 heavy (non-hydrogen) atoms. The van der Waals surface area contributed by atoms with Gasteiger partial charge in [0.1, 0.15) is 0 Å². The van der Waals surface area contributed by atoms with Crippen LogP contribution in [0.4, 0.5) is 4.79 Å². The van der Waals surface area contributed by atoms with Gasteiger partial charge in [0.05, 0.1) is 23.9 Å². The van der Waals surface area contributed by atoms with Gasteiger partial charge in [0, 0.05) is 11.6 Å². The third-order valence-corrected chi connectivity index (χ3v) is 4.06. The SMILES string of the molecule is CC(C)CN1CC2=C(C1=O)[C@H](c1ccc(Cl)cc1)NC(=O)N2. The molecule has 0 saturated carbocycles. The molecule has 2 N–H and O–H groups in total. The van der Waals surface area contributed by atoms with E-state index < -0.39 is 6.04 Å². The monoisotopic (exact) mass is 319 g/mol. The molecule has 1 aromatic rings. The average molecular weight is 320 g/mol. The van der Waals surface area contributed by atoms with Crippen LogP contribution in [0.25, 0.3) is 0 Å². The Hall–Kier alpha value is -2.01. The number of hydrogen-bond donors (Lipinski definition) is 2. The Labute approximate surface area is 134 Å². The molecule has 1 aromatic carbocycles. The van der Waals surface area contributed by atoms with Crippen LogP contribution >= 0.6 is 11.6 Å². The first kappa shape index (κ1) is 14.9. The van der Waals surface area contributed by atoms with Crippen molar-refractivity contribution in [2.75, 3.05) is 13.1 Å². The molecular weight excluding hydrogens is 302 g/mol. The second-order valence-electron chi connectivity index (χ2n) is 6.05. The van der Waals surface area contributed by atoms with Crippen molar-refractivity contribution in [1.82, 2.24) is 15.5 Å². The maximum Gasteiger partial charge on any atom is 0.319 e. The van der Waals surface area contributed by atoms with Gasteiger partial charge in [-0.2, -0.15) is 0 Å². The van der Waals surface area contributed by atoms with Crippen LogP contribution < -0.4 is 10.6 Å². The Kier molecular flexibility index (Phi) is 3.83. The lowest BCUT2D eigenvalue weighted by molar-refractivity contribution is -0.126. The van der Waals surface area contributed by atoms with Gasteiger partial charge in [-0.05, 0) is 23.6 Å². The number of amides is 3. The van der Waals surface area contributed by atoms with E-state index in [0.29, 0.717) is 35.3 Å². The Morgan fingerprint density at radius 3 is 2.59 bits per heavy atom. The molecule has 2 aliphatic heterocycles. The van der Waals surface area contributed by atoms with Crippen molar-refractivity contribution in [3.63, 3.8) is 0 Å². The van der Waals surface area contributed by atoms with E-state index in [1.807, 2.05) is 12.1 Å². The fourth-order valence-corrected chi connectivity index (χ4v) is 3.05. The summed E-state index contributed by atoms with van der Waals surface area (Å²) in [5, 5.41) is 6.22. The molecule has 2 heterocycles. The summed E-state index contributed by atoms with van der Waals surface area (Å²) in [6.45, 7) is 5.27. The zero-order valence-corrected chi connectivity index (χ0v) is 13.3. The first-order valence-corrected chi connectivity index (χ1v) is 7.69. The van der Waals surface area contributed by atoms with E-state index >= 15 is 0 Å². The van der Waals surface area contributed by atoms with Gasteiger partial charge in [-0.1, -0.05) is 37.6 Å². The predicted molar refractivity (Wildman–Crippen MR) is 84.3 cm³/mol. The molecule has 5 nitrogen and oxygen atoms in total. The quantitative estimate of drug-likeness (QED) is 0.899. The summed E-state index contributed by atoms with van der Waals surface area (Å²) in [5.74, 6) is 0.360. The summed E-state index contributed by atoms with van der Waals surface area (Å²) in [5.41, 5.74) is 2.18.